The average Bonchev–Trinajstić information content (AvgIpc) is 2.72. The van der Waals surface area contributed by atoms with Gasteiger partial charge in [-0.05, 0) is 38.0 Å². The number of halogens is 3. The minimum absolute atomic E-state index is 0.0584. The Labute approximate surface area is 167 Å². The molecule has 8 heteroatoms. The zero-order valence-electron chi connectivity index (χ0n) is 16.1. The van der Waals surface area contributed by atoms with Gasteiger partial charge in [0.05, 0.1) is 18.1 Å². The molecule has 0 amide bonds. The summed E-state index contributed by atoms with van der Waals surface area (Å²) in [5.74, 6) is -0.424. The quantitative estimate of drug-likeness (QED) is 0.661. The fourth-order valence-electron chi connectivity index (χ4n) is 3.42. The number of nitrogens with zero attached hydrogens (tertiary/aromatic N) is 2. The number of carbonyl (C=O) groups is 1. The Kier molecular flexibility index (Phi) is 6.61. The highest BCUT2D eigenvalue weighted by Crippen LogP contribution is 2.36. The normalized spacial score (nSPS) is 17.1. The van der Waals surface area contributed by atoms with Crippen LogP contribution in [0.5, 0.6) is 5.75 Å². The van der Waals surface area contributed by atoms with Gasteiger partial charge in [0.2, 0.25) is 0 Å². The van der Waals surface area contributed by atoms with Crippen LogP contribution in [0, 0.1) is 5.92 Å². The number of alkyl halides is 3. The van der Waals surface area contributed by atoms with Crippen molar-refractivity contribution >= 4 is 11.8 Å². The third kappa shape index (κ3) is 5.19. The van der Waals surface area contributed by atoms with E-state index in [-0.39, 0.29) is 19.0 Å². The molecule has 29 heavy (non-hydrogen) atoms. The van der Waals surface area contributed by atoms with Crippen LogP contribution in [0.1, 0.15) is 30.9 Å². The number of rotatable bonds is 6. The van der Waals surface area contributed by atoms with Crippen LogP contribution in [0.4, 0.5) is 19.0 Å². The van der Waals surface area contributed by atoms with Crippen molar-refractivity contribution in [3.63, 3.8) is 0 Å². The molecule has 1 atom stereocenters. The standard InChI is InChI=1S/C21H23F3N2O3/c1-2-28-18-10-4-3-7-16(18)14-29-20(27)15-8-6-12-26(13-15)19-17(21(22,23)24)9-5-11-25-19/h3-5,7,9-11,15H,2,6,8,12-14H2,1H3. The SMILES string of the molecule is CCOc1ccccc1COC(=O)C1CCCN(c2ncccc2C(F)(F)F)C1. The summed E-state index contributed by atoms with van der Waals surface area (Å²) in [5.41, 5.74) is -0.0425. The highest BCUT2D eigenvalue weighted by Gasteiger charge is 2.37. The van der Waals surface area contributed by atoms with E-state index in [1.807, 2.05) is 25.1 Å². The van der Waals surface area contributed by atoms with Gasteiger partial charge in [-0.25, -0.2) is 4.98 Å². The van der Waals surface area contributed by atoms with Crippen LogP contribution in [0.3, 0.4) is 0 Å². The van der Waals surface area contributed by atoms with Crippen molar-refractivity contribution in [3.05, 3.63) is 53.7 Å². The number of hydrogen-bond donors (Lipinski definition) is 0. The predicted molar refractivity (Wildman–Crippen MR) is 102 cm³/mol. The maximum atomic E-state index is 13.3. The molecule has 1 aromatic heterocycles. The fraction of sp³-hybridized carbons (Fsp3) is 0.429. The van der Waals surface area contributed by atoms with E-state index in [4.69, 9.17) is 9.47 Å². The maximum Gasteiger partial charge on any atom is 0.419 e. The zero-order chi connectivity index (χ0) is 20.9. The number of esters is 1. The molecule has 0 aliphatic carbocycles. The molecular formula is C21H23F3N2O3. The summed E-state index contributed by atoms with van der Waals surface area (Å²) in [6.45, 7) is 2.98. The van der Waals surface area contributed by atoms with Crippen LogP contribution >= 0.6 is 0 Å². The van der Waals surface area contributed by atoms with Gasteiger partial charge < -0.3 is 14.4 Å². The van der Waals surface area contributed by atoms with E-state index in [1.165, 1.54) is 17.2 Å². The third-order valence-electron chi connectivity index (χ3n) is 4.79. The lowest BCUT2D eigenvalue weighted by Crippen LogP contribution is -2.40. The molecule has 0 radical (unpaired) electrons. The molecule has 1 unspecified atom stereocenters. The molecule has 0 bridgehead atoms. The number of hydrogen-bond acceptors (Lipinski definition) is 5. The van der Waals surface area contributed by atoms with Gasteiger partial charge in [-0.2, -0.15) is 13.2 Å². The third-order valence-corrected chi connectivity index (χ3v) is 4.79. The van der Waals surface area contributed by atoms with Crippen LogP contribution in [0.15, 0.2) is 42.6 Å². The van der Waals surface area contributed by atoms with Crippen molar-refractivity contribution in [1.29, 1.82) is 0 Å². The van der Waals surface area contributed by atoms with Crippen LogP contribution in [0.25, 0.3) is 0 Å². The lowest BCUT2D eigenvalue weighted by Gasteiger charge is -2.33. The van der Waals surface area contributed by atoms with Crippen LogP contribution in [-0.2, 0) is 22.3 Å². The Bertz CT molecular complexity index is 842. The number of carbonyl (C=O) groups excluding carboxylic acids is 1. The Balaban J connectivity index is 1.67. The van der Waals surface area contributed by atoms with E-state index in [0.717, 1.165) is 11.6 Å². The van der Waals surface area contributed by atoms with E-state index in [0.29, 0.717) is 31.7 Å². The van der Waals surface area contributed by atoms with Gasteiger partial charge in [0, 0.05) is 24.8 Å². The Morgan fingerprint density at radius 3 is 2.79 bits per heavy atom. The first kappa shape index (κ1) is 21.0. The predicted octanol–water partition coefficient (Wildman–Crippen LogP) is 4.46. The van der Waals surface area contributed by atoms with Crippen molar-refractivity contribution in [1.82, 2.24) is 4.98 Å². The van der Waals surface area contributed by atoms with Crippen LogP contribution in [0.2, 0.25) is 0 Å². The second kappa shape index (κ2) is 9.15. The molecule has 5 nitrogen and oxygen atoms in total. The molecule has 1 aliphatic rings. The van der Waals surface area contributed by atoms with E-state index < -0.39 is 23.6 Å². The van der Waals surface area contributed by atoms with Gasteiger partial charge >= 0.3 is 12.1 Å². The second-order valence-corrected chi connectivity index (χ2v) is 6.81. The monoisotopic (exact) mass is 408 g/mol. The minimum Gasteiger partial charge on any atom is -0.493 e. The van der Waals surface area contributed by atoms with Crippen molar-refractivity contribution in [2.45, 2.75) is 32.5 Å². The van der Waals surface area contributed by atoms with Gasteiger partial charge in [0.1, 0.15) is 18.2 Å². The largest absolute Gasteiger partial charge is 0.493 e. The lowest BCUT2D eigenvalue weighted by atomic mass is 9.97. The Hall–Kier alpha value is -2.77. The molecule has 1 aromatic carbocycles. The molecule has 1 aliphatic heterocycles. The van der Waals surface area contributed by atoms with Crippen molar-refractivity contribution in [3.8, 4) is 5.75 Å². The van der Waals surface area contributed by atoms with Crippen LogP contribution < -0.4 is 9.64 Å². The topological polar surface area (TPSA) is 51.7 Å². The van der Waals surface area contributed by atoms with Gasteiger partial charge in [-0.15, -0.1) is 0 Å². The van der Waals surface area contributed by atoms with Crippen molar-refractivity contribution in [2.75, 3.05) is 24.6 Å². The Morgan fingerprint density at radius 2 is 2.03 bits per heavy atom. The summed E-state index contributed by atoms with van der Waals surface area (Å²) in [7, 11) is 0. The van der Waals surface area contributed by atoms with Gasteiger partial charge in [-0.3, -0.25) is 4.79 Å². The second-order valence-electron chi connectivity index (χ2n) is 6.81. The van der Waals surface area contributed by atoms with Gasteiger partial charge in [0.25, 0.3) is 0 Å². The molecule has 156 valence electrons. The molecule has 0 saturated carbocycles. The molecule has 1 saturated heterocycles. The van der Waals surface area contributed by atoms with E-state index >= 15 is 0 Å². The van der Waals surface area contributed by atoms with E-state index in [9.17, 15) is 18.0 Å². The molecular weight excluding hydrogens is 385 g/mol. The summed E-state index contributed by atoms with van der Waals surface area (Å²) in [5, 5.41) is 0. The van der Waals surface area contributed by atoms with Crippen LogP contribution in [-0.4, -0.2) is 30.6 Å². The number of piperidine rings is 1. The lowest BCUT2D eigenvalue weighted by molar-refractivity contribution is -0.150. The number of aromatic nitrogens is 1. The first-order valence-electron chi connectivity index (χ1n) is 9.54. The fourth-order valence-corrected chi connectivity index (χ4v) is 3.42. The molecule has 2 aromatic rings. The van der Waals surface area contributed by atoms with E-state index in [2.05, 4.69) is 4.98 Å². The summed E-state index contributed by atoms with van der Waals surface area (Å²) >= 11 is 0. The van der Waals surface area contributed by atoms with Crippen molar-refractivity contribution < 1.29 is 27.4 Å². The molecule has 3 rings (SSSR count). The summed E-state index contributed by atoms with van der Waals surface area (Å²) < 4.78 is 50.9. The molecule has 0 spiro atoms. The number of anilines is 1. The summed E-state index contributed by atoms with van der Waals surface area (Å²) in [6.07, 6.45) is -2.02. The number of benzene rings is 1. The highest BCUT2D eigenvalue weighted by molar-refractivity contribution is 5.73. The Morgan fingerprint density at radius 1 is 1.24 bits per heavy atom. The summed E-state index contributed by atoms with van der Waals surface area (Å²) in [4.78, 5) is 18.0. The van der Waals surface area contributed by atoms with E-state index in [1.54, 1.807) is 6.07 Å². The molecule has 1 fully saturated rings. The first-order valence-corrected chi connectivity index (χ1v) is 9.54. The zero-order valence-corrected chi connectivity index (χ0v) is 16.1. The number of para-hydroxylation sites is 1. The average molecular weight is 408 g/mol. The van der Waals surface area contributed by atoms with Crippen molar-refractivity contribution in [2.24, 2.45) is 5.92 Å². The van der Waals surface area contributed by atoms with Gasteiger partial charge in [-0.1, -0.05) is 18.2 Å². The molecule has 0 N–H and O–H groups in total. The number of ether oxygens (including phenoxy) is 2. The van der Waals surface area contributed by atoms with Gasteiger partial charge in [0.15, 0.2) is 0 Å². The number of pyridine rings is 1. The highest BCUT2D eigenvalue weighted by atomic mass is 19.4. The molecule has 2 heterocycles. The minimum atomic E-state index is -4.50. The summed E-state index contributed by atoms with van der Waals surface area (Å²) in [6, 6.07) is 9.55. The first-order chi connectivity index (χ1) is 13.9. The maximum absolute atomic E-state index is 13.3. The smallest absolute Gasteiger partial charge is 0.419 e.